The molecule has 3 aromatic rings. The summed E-state index contributed by atoms with van der Waals surface area (Å²) in [7, 11) is 0. The molecule has 0 aliphatic carbocycles. The molecule has 0 saturated heterocycles. The number of carbonyl (C=O) groups is 1. The summed E-state index contributed by atoms with van der Waals surface area (Å²) in [6, 6.07) is 13.9. The van der Waals surface area contributed by atoms with Crippen molar-refractivity contribution in [3.63, 3.8) is 0 Å². The molecule has 0 radical (unpaired) electrons. The monoisotopic (exact) mass is 345 g/mol. The number of nitrogens with one attached hydrogen (secondary N) is 1. The van der Waals surface area contributed by atoms with Crippen LogP contribution >= 0.6 is 22.7 Å². The van der Waals surface area contributed by atoms with Crippen LogP contribution in [0.25, 0.3) is 10.1 Å². The molecule has 0 fully saturated rings. The number of amides is 1. The molecule has 3 nitrogen and oxygen atoms in total. The van der Waals surface area contributed by atoms with Gasteiger partial charge in [0.05, 0.1) is 5.41 Å². The first kappa shape index (κ1) is 16.2. The van der Waals surface area contributed by atoms with E-state index in [9.17, 15) is 9.90 Å². The summed E-state index contributed by atoms with van der Waals surface area (Å²) in [4.78, 5) is 14.4. The zero-order valence-electron chi connectivity index (χ0n) is 13.1. The van der Waals surface area contributed by atoms with E-state index < -0.39 is 11.5 Å². The van der Waals surface area contributed by atoms with E-state index in [1.54, 1.807) is 22.7 Å². The van der Waals surface area contributed by atoms with Crippen molar-refractivity contribution in [2.45, 2.75) is 25.4 Å². The lowest BCUT2D eigenvalue weighted by molar-refractivity contribution is -0.126. The molecule has 0 saturated carbocycles. The van der Waals surface area contributed by atoms with Crippen LogP contribution in [0.2, 0.25) is 0 Å². The molecule has 0 bridgehead atoms. The van der Waals surface area contributed by atoms with Crippen LogP contribution in [0.15, 0.2) is 47.8 Å². The van der Waals surface area contributed by atoms with E-state index in [1.165, 1.54) is 0 Å². The summed E-state index contributed by atoms with van der Waals surface area (Å²) >= 11 is 3.13. The van der Waals surface area contributed by atoms with Crippen molar-refractivity contribution in [2.24, 2.45) is 0 Å². The first-order chi connectivity index (χ1) is 11.0. The summed E-state index contributed by atoms with van der Waals surface area (Å²) in [5, 5.41) is 16.3. The van der Waals surface area contributed by atoms with E-state index >= 15 is 0 Å². The summed E-state index contributed by atoms with van der Waals surface area (Å²) in [6.07, 6.45) is -0.685. The fourth-order valence-electron chi connectivity index (χ4n) is 2.42. The Kier molecular flexibility index (Phi) is 4.53. The molecule has 0 aliphatic heterocycles. The fraction of sp³-hybridized carbons (Fsp3) is 0.278. The Balaban J connectivity index is 1.66. The van der Waals surface area contributed by atoms with Crippen molar-refractivity contribution in [3.05, 3.63) is 57.6 Å². The number of aliphatic hydroxyl groups is 1. The SMILES string of the molecule is CC(C)(C(=O)NCC(O)c1cc2ccccc2s1)c1cccs1. The lowest BCUT2D eigenvalue weighted by Crippen LogP contribution is -2.41. The van der Waals surface area contributed by atoms with Crippen molar-refractivity contribution in [1.29, 1.82) is 0 Å². The summed E-state index contributed by atoms with van der Waals surface area (Å²) in [5.41, 5.74) is -0.589. The van der Waals surface area contributed by atoms with Crippen molar-refractivity contribution < 1.29 is 9.90 Å². The molecule has 5 heteroatoms. The molecular weight excluding hydrogens is 326 g/mol. The van der Waals surface area contributed by atoms with Crippen LogP contribution in [0, 0.1) is 0 Å². The van der Waals surface area contributed by atoms with Gasteiger partial charge in [0, 0.05) is 21.0 Å². The van der Waals surface area contributed by atoms with Crippen LogP contribution < -0.4 is 5.32 Å². The van der Waals surface area contributed by atoms with E-state index in [0.29, 0.717) is 0 Å². The van der Waals surface area contributed by atoms with E-state index in [1.807, 2.05) is 61.7 Å². The van der Waals surface area contributed by atoms with Crippen molar-refractivity contribution in [3.8, 4) is 0 Å². The maximum atomic E-state index is 12.5. The van der Waals surface area contributed by atoms with Gasteiger partial charge in [0.25, 0.3) is 0 Å². The van der Waals surface area contributed by atoms with Crippen molar-refractivity contribution in [1.82, 2.24) is 5.32 Å². The molecule has 1 unspecified atom stereocenters. The molecule has 3 rings (SSSR count). The smallest absolute Gasteiger partial charge is 0.231 e. The van der Waals surface area contributed by atoms with Crippen LogP contribution in [0.1, 0.15) is 29.7 Å². The van der Waals surface area contributed by atoms with E-state index in [0.717, 1.165) is 19.8 Å². The third-order valence-electron chi connectivity index (χ3n) is 3.93. The normalized spacial score (nSPS) is 13.2. The van der Waals surface area contributed by atoms with Gasteiger partial charge in [-0.15, -0.1) is 22.7 Å². The second kappa shape index (κ2) is 6.43. The Labute approximate surface area is 143 Å². The average Bonchev–Trinajstić information content (AvgIpc) is 3.20. The van der Waals surface area contributed by atoms with Crippen LogP contribution in [-0.4, -0.2) is 17.6 Å². The minimum atomic E-state index is -0.685. The topological polar surface area (TPSA) is 49.3 Å². The van der Waals surface area contributed by atoms with E-state index in [-0.39, 0.29) is 12.5 Å². The average molecular weight is 345 g/mol. The molecule has 0 spiro atoms. The highest BCUT2D eigenvalue weighted by Gasteiger charge is 2.31. The minimum absolute atomic E-state index is 0.0693. The second-order valence-electron chi connectivity index (χ2n) is 6.01. The number of benzene rings is 1. The molecule has 120 valence electrons. The third-order valence-corrected chi connectivity index (χ3v) is 6.34. The summed E-state index contributed by atoms with van der Waals surface area (Å²) in [6.45, 7) is 4.03. The van der Waals surface area contributed by atoms with E-state index in [4.69, 9.17) is 0 Å². The zero-order valence-corrected chi connectivity index (χ0v) is 14.7. The molecule has 2 N–H and O–H groups in total. The largest absolute Gasteiger partial charge is 0.386 e. The Bertz CT molecular complexity index is 772. The maximum Gasteiger partial charge on any atom is 0.231 e. The van der Waals surface area contributed by atoms with Crippen molar-refractivity contribution in [2.75, 3.05) is 6.54 Å². The standard InChI is InChI=1S/C18H19NO2S2/c1-18(2,16-8-5-9-22-16)17(21)19-11-13(20)15-10-12-6-3-4-7-14(12)23-15/h3-10,13,20H,11H2,1-2H3,(H,19,21). The number of thiophene rings is 2. The van der Waals surface area contributed by atoms with Gasteiger partial charge in [0.1, 0.15) is 6.10 Å². The number of hydrogen-bond donors (Lipinski definition) is 2. The number of carbonyl (C=O) groups excluding carboxylic acids is 1. The predicted molar refractivity (Wildman–Crippen MR) is 97.1 cm³/mol. The van der Waals surface area contributed by atoms with Crippen LogP contribution in [0.4, 0.5) is 0 Å². The Morgan fingerprint density at radius 3 is 2.74 bits per heavy atom. The van der Waals surface area contributed by atoms with Gasteiger partial charge in [-0.25, -0.2) is 0 Å². The van der Waals surface area contributed by atoms with Crippen LogP contribution in [0.5, 0.6) is 0 Å². The van der Waals surface area contributed by atoms with Crippen LogP contribution in [-0.2, 0) is 10.2 Å². The predicted octanol–water partition coefficient (Wildman–Crippen LogP) is 4.09. The first-order valence-corrected chi connectivity index (χ1v) is 9.17. The minimum Gasteiger partial charge on any atom is -0.386 e. The Morgan fingerprint density at radius 2 is 2.04 bits per heavy atom. The molecular formula is C18H19NO2S2. The van der Waals surface area contributed by atoms with Gasteiger partial charge in [0.2, 0.25) is 5.91 Å². The fourth-order valence-corrected chi connectivity index (χ4v) is 4.32. The quantitative estimate of drug-likeness (QED) is 0.732. The first-order valence-electron chi connectivity index (χ1n) is 7.47. The van der Waals surface area contributed by atoms with Gasteiger partial charge in [-0.1, -0.05) is 24.3 Å². The number of aliphatic hydroxyl groups excluding tert-OH is 1. The Hall–Kier alpha value is -1.69. The lowest BCUT2D eigenvalue weighted by atomic mass is 9.90. The zero-order chi connectivity index (χ0) is 16.4. The second-order valence-corrected chi connectivity index (χ2v) is 8.08. The number of fused-ring (bicyclic) bond motifs is 1. The van der Waals surface area contributed by atoms with Gasteiger partial charge in [-0.3, -0.25) is 4.79 Å². The number of hydrogen-bond acceptors (Lipinski definition) is 4. The summed E-state index contributed by atoms with van der Waals surface area (Å²) < 4.78 is 1.15. The maximum absolute atomic E-state index is 12.5. The van der Waals surface area contributed by atoms with Gasteiger partial charge >= 0.3 is 0 Å². The number of rotatable bonds is 5. The van der Waals surface area contributed by atoms with Gasteiger partial charge in [-0.05, 0) is 42.8 Å². The van der Waals surface area contributed by atoms with Crippen molar-refractivity contribution >= 4 is 38.7 Å². The molecule has 23 heavy (non-hydrogen) atoms. The molecule has 1 amide bonds. The molecule has 2 aromatic heterocycles. The highest BCUT2D eigenvalue weighted by molar-refractivity contribution is 7.19. The lowest BCUT2D eigenvalue weighted by Gasteiger charge is -2.23. The molecule has 1 atom stereocenters. The molecule has 1 aromatic carbocycles. The van der Waals surface area contributed by atoms with E-state index in [2.05, 4.69) is 5.32 Å². The van der Waals surface area contributed by atoms with Crippen LogP contribution in [0.3, 0.4) is 0 Å². The Morgan fingerprint density at radius 1 is 1.26 bits per heavy atom. The van der Waals surface area contributed by atoms with Gasteiger partial charge in [0.15, 0.2) is 0 Å². The molecule has 2 heterocycles. The summed E-state index contributed by atoms with van der Waals surface area (Å²) in [5.74, 6) is -0.0693. The molecule has 0 aliphatic rings. The third kappa shape index (κ3) is 3.32. The highest BCUT2D eigenvalue weighted by atomic mass is 32.1. The van der Waals surface area contributed by atoms with Gasteiger partial charge < -0.3 is 10.4 Å². The highest BCUT2D eigenvalue weighted by Crippen LogP contribution is 2.30. The van der Waals surface area contributed by atoms with Gasteiger partial charge in [-0.2, -0.15) is 0 Å².